The minimum absolute atomic E-state index is 0.438. The summed E-state index contributed by atoms with van der Waals surface area (Å²) in [4.78, 5) is 0. The van der Waals surface area contributed by atoms with E-state index in [0.29, 0.717) is 29.6 Å². The minimum Gasteiger partial charge on any atom is -0.0948 e. The number of hydrogen-bond acceptors (Lipinski definition) is 0. The van der Waals surface area contributed by atoms with E-state index in [2.05, 4.69) is 65.8 Å². The van der Waals surface area contributed by atoms with Crippen molar-refractivity contribution in [1.82, 2.24) is 0 Å². The van der Waals surface area contributed by atoms with Crippen molar-refractivity contribution in [3.8, 4) is 11.1 Å². The van der Waals surface area contributed by atoms with Gasteiger partial charge in [-0.3, -0.25) is 0 Å². The van der Waals surface area contributed by atoms with Crippen molar-refractivity contribution >= 4 is 24.4 Å². The predicted octanol–water partition coefficient (Wildman–Crippen LogP) is 11.3. The van der Waals surface area contributed by atoms with Crippen molar-refractivity contribution in [2.75, 3.05) is 0 Å². The highest BCUT2D eigenvalue weighted by Crippen LogP contribution is 2.53. The summed E-state index contributed by atoms with van der Waals surface area (Å²) >= 11 is 6.61. The van der Waals surface area contributed by atoms with E-state index in [1.54, 1.807) is 27.8 Å². The zero-order chi connectivity index (χ0) is 26.0. The Morgan fingerprint density at radius 2 is 1.11 bits per heavy atom. The molecule has 0 radical (unpaired) electrons. The topological polar surface area (TPSA) is 0 Å². The van der Waals surface area contributed by atoms with Crippen LogP contribution in [0.5, 0.6) is 0 Å². The van der Waals surface area contributed by atoms with E-state index in [0.717, 1.165) is 5.30 Å². The van der Waals surface area contributed by atoms with Crippen molar-refractivity contribution < 1.29 is 0 Å². The van der Waals surface area contributed by atoms with Gasteiger partial charge in [-0.1, -0.05) is 116 Å². The second-order valence-corrected chi connectivity index (χ2v) is 13.3. The summed E-state index contributed by atoms with van der Waals surface area (Å²) in [5.74, 6) is 2.73. The summed E-state index contributed by atoms with van der Waals surface area (Å²) in [7, 11) is -1.45. The van der Waals surface area contributed by atoms with E-state index in [-0.39, 0.29) is 0 Å². The maximum Gasteiger partial charge on any atom is 0.0799 e. The van der Waals surface area contributed by atoms with Gasteiger partial charge in [-0.2, -0.15) is 0 Å². The number of hydrogen-bond donors (Lipinski definition) is 0. The van der Waals surface area contributed by atoms with Crippen LogP contribution in [0.15, 0.2) is 24.3 Å². The summed E-state index contributed by atoms with van der Waals surface area (Å²) in [5.41, 5.74) is 11.0. The Balaban J connectivity index is 2.20. The second kappa shape index (κ2) is 12.1. The molecule has 2 aromatic rings. The molecule has 1 atom stereocenters. The Morgan fingerprint density at radius 1 is 0.686 bits per heavy atom. The van der Waals surface area contributed by atoms with Gasteiger partial charge in [0.15, 0.2) is 0 Å². The van der Waals surface area contributed by atoms with Gasteiger partial charge in [0.05, 0.1) is 1.28 Å². The molecule has 0 spiro atoms. The molecule has 2 heteroatoms. The number of rotatable bonds is 7. The molecule has 0 amide bonds. The lowest BCUT2D eigenvalue weighted by molar-refractivity contribution is 0.425. The SMILES string of the molecule is [2H]P(Cl)c1ccccc1-c1c(C(C)C)c(C2CCCCC2)c(C(C)C)c(C2CCCCC2)c1C(C)C. The van der Waals surface area contributed by atoms with E-state index in [4.69, 9.17) is 12.5 Å². The van der Waals surface area contributed by atoms with Crippen LogP contribution in [0.3, 0.4) is 0 Å². The Hall–Kier alpha value is -0.840. The molecule has 0 heterocycles. The summed E-state index contributed by atoms with van der Waals surface area (Å²) in [6, 6.07) is 8.63. The first-order chi connectivity index (χ1) is 17.2. The van der Waals surface area contributed by atoms with Gasteiger partial charge in [-0.25, -0.2) is 0 Å². The Labute approximate surface area is 223 Å². The average molecular weight is 512 g/mol. The number of benzene rings is 2. The quantitative estimate of drug-likeness (QED) is 0.324. The van der Waals surface area contributed by atoms with Crippen molar-refractivity contribution in [2.24, 2.45) is 0 Å². The Kier molecular flexibility index (Phi) is 8.94. The highest BCUT2D eigenvalue weighted by molar-refractivity contribution is 7.75. The third-order valence-corrected chi connectivity index (χ3v) is 9.84. The average Bonchev–Trinajstić information content (AvgIpc) is 2.87. The summed E-state index contributed by atoms with van der Waals surface area (Å²) in [6.45, 7) is 14.5. The predicted molar refractivity (Wildman–Crippen MR) is 160 cm³/mol. The van der Waals surface area contributed by atoms with Crippen molar-refractivity contribution in [3.05, 3.63) is 52.1 Å². The Morgan fingerprint density at radius 3 is 1.51 bits per heavy atom. The third-order valence-electron chi connectivity index (χ3n) is 8.72. The molecular weight excluding hydrogens is 463 g/mol. The molecule has 1 unspecified atom stereocenters. The first-order valence-corrected chi connectivity index (χ1v) is 16.3. The molecule has 0 aromatic heterocycles. The monoisotopic (exact) mass is 511 g/mol. The second-order valence-electron chi connectivity index (χ2n) is 12.2. The molecule has 2 aliphatic rings. The largest absolute Gasteiger partial charge is 0.0948 e. The maximum absolute atomic E-state index is 8.60. The fourth-order valence-corrected chi connectivity index (χ4v) is 8.24. The lowest BCUT2D eigenvalue weighted by atomic mass is 9.66. The van der Waals surface area contributed by atoms with Gasteiger partial charge < -0.3 is 0 Å². The van der Waals surface area contributed by atoms with Crippen LogP contribution in [0.4, 0.5) is 0 Å². The Bertz CT molecular complexity index is 975. The van der Waals surface area contributed by atoms with Gasteiger partial charge in [-0.15, -0.1) is 0 Å². The fraction of sp³-hybridized carbons (Fsp3) is 0.636. The first-order valence-electron chi connectivity index (χ1n) is 15.0. The minimum atomic E-state index is -1.45. The molecule has 0 bridgehead atoms. The molecule has 2 saturated carbocycles. The van der Waals surface area contributed by atoms with E-state index < -0.39 is 7.88 Å². The molecule has 35 heavy (non-hydrogen) atoms. The molecule has 2 aliphatic carbocycles. The van der Waals surface area contributed by atoms with Crippen LogP contribution in [0, 0.1) is 0 Å². The van der Waals surface area contributed by atoms with Crippen molar-refractivity contribution in [2.45, 2.75) is 135 Å². The zero-order valence-corrected chi connectivity index (χ0v) is 24.7. The van der Waals surface area contributed by atoms with Gasteiger partial charge in [-0.05, 0) is 99.5 Å². The van der Waals surface area contributed by atoms with Gasteiger partial charge in [0.2, 0.25) is 0 Å². The summed E-state index contributed by atoms with van der Waals surface area (Å²) in [6.07, 6.45) is 13.5. The van der Waals surface area contributed by atoms with E-state index in [1.807, 2.05) is 0 Å². The maximum atomic E-state index is 8.60. The van der Waals surface area contributed by atoms with Crippen molar-refractivity contribution in [3.63, 3.8) is 0 Å². The molecule has 192 valence electrons. The van der Waals surface area contributed by atoms with Gasteiger partial charge in [0, 0.05) is 7.88 Å². The van der Waals surface area contributed by atoms with E-state index >= 15 is 0 Å². The third kappa shape index (κ3) is 5.55. The summed E-state index contributed by atoms with van der Waals surface area (Å²) < 4.78 is 8.60. The van der Waals surface area contributed by atoms with Crippen LogP contribution >= 0.6 is 19.1 Å². The lowest BCUT2D eigenvalue weighted by Gasteiger charge is -2.39. The molecule has 0 nitrogen and oxygen atoms in total. The van der Waals surface area contributed by atoms with Crippen LogP contribution in [-0.2, 0) is 0 Å². The zero-order valence-electron chi connectivity index (χ0n) is 24.1. The van der Waals surface area contributed by atoms with Crippen LogP contribution in [0.1, 0.15) is 163 Å². The molecule has 0 aliphatic heterocycles. The van der Waals surface area contributed by atoms with Gasteiger partial charge in [0.25, 0.3) is 0 Å². The van der Waals surface area contributed by atoms with Crippen LogP contribution < -0.4 is 5.30 Å². The first kappa shape index (κ1) is 25.8. The standard InChI is InChI=1S/C33H48ClP/c1-21(2)28-31(24-15-9-7-10-16-24)29(22(3)4)33(26-19-13-14-20-27(26)35-34)30(23(5)6)32(28)25-17-11-8-12-18-25/h13-14,19-25,35H,7-12,15-18H2,1-6H3/i35D. The van der Waals surface area contributed by atoms with Crippen LogP contribution in [-0.4, -0.2) is 1.28 Å². The normalized spacial score (nSPS) is 19.5. The highest BCUT2D eigenvalue weighted by Gasteiger charge is 2.35. The van der Waals surface area contributed by atoms with Crippen LogP contribution in [0.25, 0.3) is 11.1 Å². The molecule has 0 N–H and O–H groups in total. The molecule has 2 aromatic carbocycles. The van der Waals surface area contributed by atoms with Crippen LogP contribution in [0.2, 0.25) is 0 Å². The fourth-order valence-electron chi connectivity index (χ4n) is 7.38. The number of halogens is 1. The lowest BCUT2D eigenvalue weighted by Crippen LogP contribution is -2.22. The van der Waals surface area contributed by atoms with Gasteiger partial charge in [0.1, 0.15) is 0 Å². The highest BCUT2D eigenvalue weighted by atomic mass is 35.7. The molecule has 2 fully saturated rings. The smallest absolute Gasteiger partial charge is 0.0799 e. The summed E-state index contributed by atoms with van der Waals surface area (Å²) in [5, 5.41) is 1.03. The van der Waals surface area contributed by atoms with E-state index in [1.165, 1.54) is 75.3 Å². The molecule has 0 saturated heterocycles. The van der Waals surface area contributed by atoms with Gasteiger partial charge >= 0.3 is 0 Å². The molecule has 4 rings (SSSR count). The van der Waals surface area contributed by atoms with Crippen molar-refractivity contribution in [1.29, 1.82) is 1.28 Å². The van der Waals surface area contributed by atoms with E-state index in [9.17, 15) is 0 Å². The molecular formula is C33H48ClP.